The second-order valence-electron chi connectivity index (χ2n) is 3.62. The van der Waals surface area contributed by atoms with Gasteiger partial charge in [-0.2, -0.15) is 0 Å². The second-order valence-corrected chi connectivity index (χ2v) is 3.62. The summed E-state index contributed by atoms with van der Waals surface area (Å²) in [6, 6.07) is 10.2. The zero-order valence-electron chi connectivity index (χ0n) is 9.36. The first-order valence-electron chi connectivity index (χ1n) is 5.34. The predicted octanol–water partition coefficient (Wildman–Crippen LogP) is 2.48. The van der Waals surface area contributed by atoms with E-state index in [1.165, 1.54) is 11.6 Å². The van der Waals surface area contributed by atoms with Crippen LogP contribution in [0.15, 0.2) is 55.6 Å². The van der Waals surface area contributed by atoms with E-state index in [-0.39, 0.29) is 11.9 Å². The van der Waals surface area contributed by atoms with Crippen molar-refractivity contribution in [3.05, 3.63) is 61.2 Å². The second kappa shape index (κ2) is 6.62. The van der Waals surface area contributed by atoms with E-state index in [1.807, 2.05) is 24.3 Å². The van der Waals surface area contributed by atoms with Gasteiger partial charge in [-0.25, -0.2) is 0 Å². The Labute approximate surface area is 96.7 Å². The lowest BCUT2D eigenvalue weighted by Gasteiger charge is -2.16. The molecule has 0 fully saturated rings. The summed E-state index contributed by atoms with van der Waals surface area (Å²) < 4.78 is 0. The molecule has 16 heavy (non-hydrogen) atoms. The van der Waals surface area contributed by atoms with Crippen LogP contribution in [0.3, 0.4) is 0 Å². The summed E-state index contributed by atoms with van der Waals surface area (Å²) in [7, 11) is 0. The molecule has 1 rings (SSSR count). The van der Waals surface area contributed by atoms with Gasteiger partial charge in [0.2, 0.25) is 5.91 Å². The fourth-order valence-corrected chi connectivity index (χ4v) is 1.55. The van der Waals surface area contributed by atoms with Gasteiger partial charge in [0, 0.05) is 6.04 Å². The minimum absolute atomic E-state index is 0.0883. The first-order chi connectivity index (χ1) is 7.76. The van der Waals surface area contributed by atoms with Crippen molar-refractivity contribution < 1.29 is 4.79 Å². The third kappa shape index (κ3) is 4.13. The fraction of sp³-hybridized carbons (Fsp3) is 0.214. The van der Waals surface area contributed by atoms with E-state index < -0.39 is 0 Å². The van der Waals surface area contributed by atoms with Crippen molar-refractivity contribution in [3.8, 4) is 0 Å². The molecule has 0 aliphatic carbocycles. The van der Waals surface area contributed by atoms with Crippen molar-refractivity contribution in [2.75, 3.05) is 0 Å². The number of carbonyl (C=O) groups is 1. The lowest BCUT2D eigenvalue weighted by atomic mass is 10.0. The monoisotopic (exact) mass is 215 g/mol. The number of hydrogen-bond donors (Lipinski definition) is 1. The summed E-state index contributed by atoms with van der Waals surface area (Å²) in [5.41, 5.74) is 1.21. The Hall–Kier alpha value is -1.83. The number of hydrogen-bond acceptors (Lipinski definition) is 1. The molecular formula is C14H17NO. The maximum Gasteiger partial charge on any atom is 0.243 e. The summed E-state index contributed by atoms with van der Waals surface area (Å²) >= 11 is 0. The Kier molecular flexibility index (Phi) is 5.06. The normalized spacial score (nSPS) is 11.5. The third-order valence-corrected chi connectivity index (χ3v) is 2.31. The molecule has 1 aromatic carbocycles. The van der Waals surface area contributed by atoms with E-state index in [0.717, 1.165) is 12.8 Å². The van der Waals surface area contributed by atoms with Crippen molar-refractivity contribution in [2.24, 2.45) is 0 Å². The van der Waals surface area contributed by atoms with Crippen molar-refractivity contribution >= 4 is 5.91 Å². The smallest absolute Gasteiger partial charge is 0.243 e. The molecule has 1 atom stereocenters. The SMILES string of the molecule is C=CC[C@H](Cc1ccccc1)NC(=O)C=C. The van der Waals surface area contributed by atoms with Crippen LogP contribution >= 0.6 is 0 Å². The average molecular weight is 215 g/mol. The Morgan fingerprint density at radius 2 is 2.00 bits per heavy atom. The zero-order valence-corrected chi connectivity index (χ0v) is 9.36. The number of benzene rings is 1. The Balaban J connectivity index is 2.60. The van der Waals surface area contributed by atoms with Crippen LogP contribution in [0.1, 0.15) is 12.0 Å². The molecule has 0 heterocycles. The van der Waals surface area contributed by atoms with E-state index in [1.54, 1.807) is 0 Å². The summed E-state index contributed by atoms with van der Waals surface area (Å²) in [6.45, 7) is 7.14. The molecule has 0 saturated carbocycles. The molecule has 0 saturated heterocycles. The molecule has 0 aliphatic rings. The van der Waals surface area contributed by atoms with E-state index in [9.17, 15) is 4.79 Å². The molecular weight excluding hydrogens is 198 g/mol. The lowest BCUT2D eigenvalue weighted by Crippen LogP contribution is -2.34. The first kappa shape index (κ1) is 12.2. The topological polar surface area (TPSA) is 29.1 Å². The molecule has 1 aromatic rings. The predicted molar refractivity (Wildman–Crippen MR) is 67.1 cm³/mol. The van der Waals surface area contributed by atoms with Gasteiger partial charge in [-0.3, -0.25) is 4.79 Å². The van der Waals surface area contributed by atoms with Gasteiger partial charge in [-0.15, -0.1) is 6.58 Å². The minimum atomic E-state index is -0.136. The Morgan fingerprint density at radius 3 is 2.56 bits per heavy atom. The van der Waals surface area contributed by atoms with Gasteiger partial charge in [0.05, 0.1) is 0 Å². The van der Waals surface area contributed by atoms with Crippen molar-refractivity contribution in [3.63, 3.8) is 0 Å². The van der Waals surface area contributed by atoms with E-state index >= 15 is 0 Å². The van der Waals surface area contributed by atoms with Crippen molar-refractivity contribution in [2.45, 2.75) is 18.9 Å². The molecule has 2 heteroatoms. The van der Waals surface area contributed by atoms with Gasteiger partial charge in [0.25, 0.3) is 0 Å². The van der Waals surface area contributed by atoms with Crippen LogP contribution in [0, 0.1) is 0 Å². The maximum absolute atomic E-state index is 11.2. The lowest BCUT2D eigenvalue weighted by molar-refractivity contribution is -0.117. The standard InChI is InChI=1S/C14H17NO/c1-3-8-13(15-14(16)4-2)11-12-9-6-5-7-10-12/h3-7,9-10,13H,1-2,8,11H2,(H,15,16)/t13-/m1/s1. The number of amides is 1. The molecule has 1 amide bonds. The molecule has 0 aromatic heterocycles. The average Bonchev–Trinajstić information content (AvgIpc) is 2.30. The quantitative estimate of drug-likeness (QED) is 0.573. The first-order valence-corrected chi connectivity index (χ1v) is 5.34. The largest absolute Gasteiger partial charge is 0.349 e. The van der Waals surface area contributed by atoms with Crippen LogP contribution in [0.2, 0.25) is 0 Å². The van der Waals surface area contributed by atoms with Gasteiger partial charge in [-0.05, 0) is 24.5 Å². The summed E-state index contributed by atoms with van der Waals surface area (Å²) in [5, 5.41) is 2.89. The fourth-order valence-electron chi connectivity index (χ4n) is 1.55. The van der Waals surface area contributed by atoms with Crippen LogP contribution in [0.4, 0.5) is 0 Å². The summed E-state index contributed by atoms with van der Waals surface area (Å²) in [4.78, 5) is 11.2. The summed E-state index contributed by atoms with van der Waals surface area (Å²) in [5.74, 6) is -0.136. The summed E-state index contributed by atoms with van der Waals surface area (Å²) in [6.07, 6.45) is 4.68. The van der Waals surface area contributed by atoms with Gasteiger partial charge in [0.1, 0.15) is 0 Å². The number of carbonyl (C=O) groups excluding carboxylic acids is 1. The maximum atomic E-state index is 11.2. The highest BCUT2D eigenvalue weighted by Gasteiger charge is 2.09. The molecule has 0 unspecified atom stereocenters. The van der Waals surface area contributed by atoms with Gasteiger partial charge in [-0.1, -0.05) is 43.0 Å². The molecule has 0 radical (unpaired) electrons. The molecule has 1 N–H and O–H groups in total. The van der Waals surface area contributed by atoms with Crippen molar-refractivity contribution in [1.29, 1.82) is 0 Å². The highest BCUT2D eigenvalue weighted by atomic mass is 16.1. The molecule has 0 bridgehead atoms. The molecule has 0 spiro atoms. The van der Waals surface area contributed by atoms with E-state index in [4.69, 9.17) is 0 Å². The van der Waals surface area contributed by atoms with Crippen LogP contribution in [0.5, 0.6) is 0 Å². The molecule has 2 nitrogen and oxygen atoms in total. The Bertz CT molecular complexity index is 356. The highest BCUT2D eigenvalue weighted by molar-refractivity contribution is 5.87. The molecule has 84 valence electrons. The number of rotatable bonds is 6. The van der Waals surface area contributed by atoms with Gasteiger partial charge in [0.15, 0.2) is 0 Å². The van der Waals surface area contributed by atoms with Crippen LogP contribution in [0.25, 0.3) is 0 Å². The van der Waals surface area contributed by atoms with Crippen LogP contribution in [-0.2, 0) is 11.2 Å². The van der Waals surface area contributed by atoms with Crippen LogP contribution < -0.4 is 5.32 Å². The highest BCUT2D eigenvalue weighted by Crippen LogP contribution is 2.06. The Morgan fingerprint density at radius 1 is 1.31 bits per heavy atom. The minimum Gasteiger partial charge on any atom is -0.349 e. The van der Waals surface area contributed by atoms with E-state index in [2.05, 4.69) is 30.6 Å². The zero-order chi connectivity index (χ0) is 11.8. The molecule has 0 aliphatic heterocycles. The number of nitrogens with one attached hydrogen (secondary N) is 1. The van der Waals surface area contributed by atoms with E-state index in [0.29, 0.717) is 0 Å². The van der Waals surface area contributed by atoms with Gasteiger partial charge >= 0.3 is 0 Å². The third-order valence-electron chi connectivity index (χ3n) is 2.31. The van der Waals surface area contributed by atoms with Gasteiger partial charge < -0.3 is 5.32 Å². The van der Waals surface area contributed by atoms with Crippen molar-refractivity contribution in [1.82, 2.24) is 5.32 Å². The van der Waals surface area contributed by atoms with Crippen LogP contribution in [-0.4, -0.2) is 11.9 Å².